The normalized spacial score (nSPS) is 13.8. The maximum absolute atomic E-state index is 5.24. The van der Waals surface area contributed by atoms with Gasteiger partial charge in [0.25, 0.3) is 0 Å². The Labute approximate surface area is 280 Å². The van der Waals surface area contributed by atoms with Gasteiger partial charge in [-0.05, 0) is 76.9 Å². The number of nitrogens with zero attached hydrogens (tertiary/aromatic N) is 3. The molecule has 0 saturated carbocycles. The van der Waals surface area contributed by atoms with Gasteiger partial charge in [-0.3, -0.25) is 0 Å². The van der Waals surface area contributed by atoms with Gasteiger partial charge in [0, 0.05) is 42.9 Å². The predicted octanol–water partition coefficient (Wildman–Crippen LogP) is 11.9. The van der Waals surface area contributed by atoms with Crippen molar-refractivity contribution in [2.75, 3.05) is 0 Å². The maximum atomic E-state index is 5.24. The number of thiophene rings is 1. The molecule has 0 aliphatic heterocycles. The highest BCUT2D eigenvalue weighted by atomic mass is 32.1. The highest BCUT2D eigenvalue weighted by Gasteiger charge is 2.36. The molecular weight excluding hydrogens is 603 g/mol. The molecule has 4 aromatic heterocycles. The van der Waals surface area contributed by atoms with Crippen LogP contribution in [-0.2, 0) is 5.41 Å². The van der Waals surface area contributed by atoms with Gasteiger partial charge in [0.1, 0.15) is 4.83 Å². The molecule has 4 heteroatoms. The Morgan fingerprint density at radius 1 is 0.583 bits per heavy atom. The summed E-state index contributed by atoms with van der Waals surface area (Å²) >= 11 is 1.89. The zero-order valence-corrected chi connectivity index (χ0v) is 27.3. The van der Waals surface area contributed by atoms with Crippen molar-refractivity contribution in [2.45, 2.75) is 19.3 Å². The molecule has 48 heavy (non-hydrogen) atoms. The van der Waals surface area contributed by atoms with Gasteiger partial charge >= 0.3 is 0 Å². The Hall–Kier alpha value is -5.71. The van der Waals surface area contributed by atoms with E-state index in [-0.39, 0.29) is 5.41 Å². The Bertz CT molecular complexity index is 2970. The third-order valence-electron chi connectivity index (χ3n) is 10.7. The number of para-hydroxylation sites is 3. The van der Waals surface area contributed by atoms with E-state index in [2.05, 4.69) is 162 Å². The van der Waals surface area contributed by atoms with Crippen LogP contribution in [-0.4, -0.2) is 14.0 Å². The van der Waals surface area contributed by atoms with Gasteiger partial charge in [0.05, 0.1) is 33.3 Å². The molecule has 6 aromatic carbocycles. The lowest BCUT2D eigenvalue weighted by Gasteiger charge is -2.21. The Morgan fingerprint density at radius 3 is 2.23 bits per heavy atom. The molecule has 0 unspecified atom stereocenters. The lowest BCUT2D eigenvalue weighted by molar-refractivity contribution is 0.661. The topological polar surface area (TPSA) is 22.2 Å². The van der Waals surface area contributed by atoms with Gasteiger partial charge in [0.15, 0.2) is 0 Å². The first-order valence-corrected chi connectivity index (χ1v) is 17.4. The summed E-state index contributed by atoms with van der Waals surface area (Å²) in [5.74, 6) is 0. The fourth-order valence-corrected chi connectivity index (χ4v) is 9.68. The molecule has 0 spiro atoms. The zero-order valence-electron chi connectivity index (χ0n) is 26.5. The quantitative estimate of drug-likeness (QED) is 0.186. The van der Waals surface area contributed by atoms with Gasteiger partial charge in [-0.1, -0.05) is 98.8 Å². The molecule has 0 bridgehead atoms. The Balaban J connectivity index is 1.17. The van der Waals surface area contributed by atoms with Gasteiger partial charge < -0.3 is 8.97 Å². The minimum Gasteiger partial charge on any atom is -0.306 e. The smallest absolute Gasteiger partial charge is 0.109 e. The van der Waals surface area contributed by atoms with E-state index >= 15 is 0 Å². The van der Waals surface area contributed by atoms with Crippen LogP contribution < -0.4 is 0 Å². The van der Waals surface area contributed by atoms with Crippen LogP contribution in [0.15, 0.2) is 140 Å². The van der Waals surface area contributed by atoms with Crippen molar-refractivity contribution in [3.8, 4) is 28.1 Å². The second-order valence-electron chi connectivity index (χ2n) is 13.6. The first-order chi connectivity index (χ1) is 23.6. The summed E-state index contributed by atoms with van der Waals surface area (Å²) in [6.07, 6.45) is 0. The molecule has 3 nitrogen and oxygen atoms in total. The molecule has 11 rings (SSSR count). The molecule has 10 aromatic rings. The number of aromatic nitrogens is 3. The van der Waals surface area contributed by atoms with Gasteiger partial charge in [-0.25, -0.2) is 4.98 Å². The first kappa shape index (κ1) is 26.4. The zero-order chi connectivity index (χ0) is 31.7. The number of benzene rings is 6. The van der Waals surface area contributed by atoms with E-state index in [1.807, 2.05) is 11.3 Å². The summed E-state index contributed by atoms with van der Waals surface area (Å²) < 4.78 is 6.17. The van der Waals surface area contributed by atoms with Crippen LogP contribution in [0.4, 0.5) is 0 Å². The van der Waals surface area contributed by atoms with E-state index in [0.717, 1.165) is 33.5 Å². The largest absolute Gasteiger partial charge is 0.306 e. The number of rotatable bonds is 2. The lowest BCUT2D eigenvalue weighted by Crippen LogP contribution is -2.14. The van der Waals surface area contributed by atoms with Crippen molar-refractivity contribution < 1.29 is 0 Å². The van der Waals surface area contributed by atoms with Gasteiger partial charge in [0.2, 0.25) is 0 Å². The molecule has 1 aliphatic rings. The van der Waals surface area contributed by atoms with Crippen LogP contribution in [0.5, 0.6) is 0 Å². The van der Waals surface area contributed by atoms with E-state index in [9.17, 15) is 0 Å². The van der Waals surface area contributed by atoms with Crippen molar-refractivity contribution in [3.63, 3.8) is 0 Å². The van der Waals surface area contributed by atoms with Crippen molar-refractivity contribution in [1.82, 2.24) is 14.0 Å². The average molecular weight is 632 g/mol. The molecule has 0 saturated heterocycles. The van der Waals surface area contributed by atoms with E-state index < -0.39 is 0 Å². The maximum Gasteiger partial charge on any atom is 0.109 e. The van der Waals surface area contributed by atoms with Crippen LogP contribution in [0.2, 0.25) is 0 Å². The van der Waals surface area contributed by atoms with E-state index in [1.165, 1.54) is 64.4 Å². The van der Waals surface area contributed by atoms with E-state index in [1.54, 1.807) is 0 Å². The SMILES string of the molecule is CC1(C)c2ccccc2-c2cc3c(cc21)c1c2ccccc2sc1n3-c1ccc(-c2nc3ccccc3n3c2cc2ccccc23)cc1. The second kappa shape index (κ2) is 9.21. The summed E-state index contributed by atoms with van der Waals surface area (Å²) in [4.78, 5) is 6.53. The predicted molar refractivity (Wildman–Crippen MR) is 203 cm³/mol. The molecule has 0 atom stereocenters. The summed E-state index contributed by atoms with van der Waals surface area (Å²) in [6.45, 7) is 4.74. The molecule has 1 aliphatic carbocycles. The Kier molecular flexibility index (Phi) is 5.06. The number of hydrogen-bond acceptors (Lipinski definition) is 2. The highest BCUT2D eigenvalue weighted by molar-refractivity contribution is 7.25. The van der Waals surface area contributed by atoms with Crippen molar-refractivity contribution in [3.05, 3.63) is 151 Å². The molecule has 0 amide bonds. The van der Waals surface area contributed by atoms with Crippen LogP contribution >= 0.6 is 11.3 Å². The third kappa shape index (κ3) is 3.35. The van der Waals surface area contributed by atoms with E-state index in [0.29, 0.717) is 0 Å². The monoisotopic (exact) mass is 631 g/mol. The fourth-order valence-electron chi connectivity index (χ4n) is 8.43. The molecular formula is C44H29N3S. The minimum atomic E-state index is -0.0518. The summed E-state index contributed by atoms with van der Waals surface area (Å²) in [6, 6.07) is 51.1. The molecule has 0 N–H and O–H groups in total. The van der Waals surface area contributed by atoms with Crippen LogP contribution in [0.1, 0.15) is 25.0 Å². The molecule has 0 radical (unpaired) electrons. The summed E-state index contributed by atoms with van der Waals surface area (Å²) in [5, 5.41) is 5.22. The van der Waals surface area contributed by atoms with E-state index in [4.69, 9.17) is 4.98 Å². The number of fused-ring (bicyclic) bond motifs is 13. The van der Waals surface area contributed by atoms with Crippen molar-refractivity contribution in [1.29, 1.82) is 0 Å². The van der Waals surface area contributed by atoms with Gasteiger partial charge in [-0.15, -0.1) is 11.3 Å². The summed E-state index contributed by atoms with van der Waals surface area (Å²) in [7, 11) is 0. The van der Waals surface area contributed by atoms with Crippen LogP contribution in [0.25, 0.3) is 86.7 Å². The third-order valence-corrected chi connectivity index (χ3v) is 11.9. The van der Waals surface area contributed by atoms with Crippen molar-refractivity contribution in [2.24, 2.45) is 0 Å². The minimum absolute atomic E-state index is 0.0518. The second-order valence-corrected chi connectivity index (χ2v) is 14.6. The van der Waals surface area contributed by atoms with Gasteiger partial charge in [-0.2, -0.15) is 0 Å². The lowest BCUT2D eigenvalue weighted by atomic mass is 9.82. The first-order valence-electron chi connectivity index (χ1n) is 16.6. The highest BCUT2D eigenvalue weighted by Crippen LogP contribution is 2.52. The standard InChI is InChI=1S/C44H29N3S/c1-44(2)33-14-6-4-12-29(33)31-25-38-32(24-34(31)44)41-30-13-5-10-18-40(30)48-43(41)46(38)28-21-19-26(20-22-28)42-39-23-27-11-3-8-16-36(27)47(39)37-17-9-7-15-35(37)45-42/h3-25H,1-2H3. The van der Waals surface area contributed by atoms with Crippen LogP contribution in [0.3, 0.4) is 0 Å². The van der Waals surface area contributed by atoms with Crippen molar-refractivity contribution >= 4 is 70.0 Å². The summed E-state index contributed by atoms with van der Waals surface area (Å²) in [5.41, 5.74) is 14.4. The number of hydrogen-bond donors (Lipinski definition) is 0. The average Bonchev–Trinajstić information content (AvgIpc) is 3.84. The molecule has 0 fully saturated rings. The fraction of sp³-hybridized carbons (Fsp3) is 0.0682. The van der Waals surface area contributed by atoms with Crippen LogP contribution in [0, 0.1) is 0 Å². The molecule has 226 valence electrons. The Morgan fingerprint density at radius 2 is 1.33 bits per heavy atom. The molecule has 4 heterocycles.